The molecule has 2 heterocycles. The van der Waals surface area contributed by atoms with E-state index in [0.29, 0.717) is 18.2 Å². The molecule has 1 aliphatic rings. The van der Waals surface area contributed by atoms with Crippen LogP contribution in [0.4, 0.5) is 0 Å². The largest absolute Gasteiger partial charge is 0.466 e. The summed E-state index contributed by atoms with van der Waals surface area (Å²) in [5.74, 6) is 2.03. The Labute approximate surface area is 110 Å². The van der Waals surface area contributed by atoms with Crippen LogP contribution >= 0.6 is 0 Å². The minimum absolute atomic E-state index is 0.350. The molecule has 0 saturated carbocycles. The Morgan fingerprint density at radius 1 is 1.44 bits per heavy atom. The van der Waals surface area contributed by atoms with E-state index >= 15 is 0 Å². The molecule has 0 bridgehead atoms. The van der Waals surface area contributed by atoms with Crippen LogP contribution in [-0.2, 0) is 4.74 Å². The lowest BCUT2D eigenvalue weighted by Crippen LogP contribution is -2.40. The molecule has 1 N–H and O–H groups in total. The summed E-state index contributed by atoms with van der Waals surface area (Å²) in [4.78, 5) is 0. The molecule has 3 nitrogen and oxygen atoms in total. The van der Waals surface area contributed by atoms with E-state index in [4.69, 9.17) is 9.15 Å². The number of furan rings is 1. The Kier molecular flexibility index (Phi) is 4.46. The third kappa shape index (κ3) is 3.15. The van der Waals surface area contributed by atoms with E-state index in [-0.39, 0.29) is 0 Å². The van der Waals surface area contributed by atoms with Crippen LogP contribution in [0.2, 0.25) is 0 Å². The number of ether oxygens (including phenoxy) is 1. The molecule has 0 radical (unpaired) electrons. The van der Waals surface area contributed by atoms with Crippen molar-refractivity contribution in [3.05, 3.63) is 23.2 Å². The van der Waals surface area contributed by atoms with Crippen molar-refractivity contribution in [2.75, 3.05) is 6.61 Å². The van der Waals surface area contributed by atoms with Gasteiger partial charge >= 0.3 is 0 Å². The zero-order valence-electron chi connectivity index (χ0n) is 12.0. The van der Waals surface area contributed by atoms with Gasteiger partial charge in [0.1, 0.15) is 11.5 Å². The average molecular weight is 251 g/mol. The zero-order valence-corrected chi connectivity index (χ0v) is 12.0. The predicted octanol–water partition coefficient (Wildman–Crippen LogP) is 3.50. The number of rotatable bonds is 4. The Morgan fingerprint density at radius 3 is 2.83 bits per heavy atom. The van der Waals surface area contributed by atoms with Gasteiger partial charge in [-0.25, -0.2) is 0 Å². The molecule has 0 aromatic carbocycles. The van der Waals surface area contributed by atoms with Gasteiger partial charge < -0.3 is 14.5 Å². The Hall–Kier alpha value is -0.800. The molecule has 3 atom stereocenters. The smallest absolute Gasteiger partial charge is 0.105 e. The van der Waals surface area contributed by atoms with Crippen molar-refractivity contribution >= 4 is 0 Å². The first-order chi connectivity index (χ1) is 8.60. The van der Waals surface area contributed by atoms with Crippen LogP contribution in [0.5, 0.6) is 0 Å². The maximum absolute atomic E-state index is 5.71. The molecular weight excluding hydrogens is 226 g/mol. The fourth-order valence-electron chi connectivity index (χ4n) is 2.84. The van der Waals surface area contributed by atoms with Gasteiger partial charge in [-0.1, -0.05) is 6.92 Å². The van der Waals surface area contributed by atoms with Crippen molar-refractivity contribution < 1.29 is 9.15 Å². The second kappa shape index (κ2) is 5.89. The summed E-state index contributed by atoms with van der Waals surface area (Å²) in [6, 6.07) is 3.06. The van der Waals surface area contributed by atoms with Crippen molar-refractivity contribution in [2.45, 2.75) is 65.1 Å². The minimum atomic E-state index is 0.350. The predicted molar refractivity (Wildman–Crippen MR) is 72.8 cm³/mol. The van der Waals surface area contributed by atoms with Gasteiger partial charge in [0.05, 0.1) is 6.10 Å². The molecule has 1 saturated heterocycles. The summed E-state index contributed by atoms with van der Waals surface area (Å²) in [6.45, 7) is 9.34. The topological polar surface area (TPSA) is 34.4 Å². The summed E-state index contributed by atoms with van der Waals surface area (Å²) in [7, 11) is 0. The van der Waals surface area contributed by atoms with Crippen LogP contribution < -0.4 is 5.32 Å². The van der Waals surface area contributed by atoms with Crippen molar-refractivity contribution in [3.8, 4) is 0 Å². The lowest BCUT2D eigenvalue weighted by Gasteiger charge is -2.31. The van der Waals surface area contributed by atoms with Gasteiger partial charge in [0.15, 0.2) is 0 Å². The SMILES string of the molecule is CCC1CC(NC(C)c2cc(C)oc2C)CCO1. The lowest BCUT2D eigenvalue weighted by molar-refractivity contribution is -0.00167. The first-order valence-corrected chi connectivity index (χ1v) is 7.04. The highest BCUT2D eigenvalue weighted by molar-refractivity contribution is 5.23. The fraction of sp³-hybridized carbons (Fsp3) is 0.733. The van der Waals surface area contributed by atoms with Gasteiger partial charge in [0.25, 0.3) is 0 Å². The van der Waals surface area contributed by atoms with E-state index in [1.807, 2.05) is 13.8 Å². The Morgan fingerprint density at radius 2 is 2.22 bits per heavy atom. The molecule has 3 heteroatoms. The van der Waals surface area contributed by atoms with Gasteiger partial charge in [-0.2, -0.15) is 0 Å². The van der Waals surface area contributed by atoms with Crippen LogP contribution in [0.3, 0.4) is 0 Å². The van der Waals surface area contributed by atoms with Gasteiger partial charge in [-0.3, -0.25) is 0 Å². The highest BCUT2D eigenvalue weighted by atomic mass is 16.5. The second-order valence-electron chi connectivity index (χ2n) is 5.38. The Balaban J connectivity index is 1.94. The summed E-state index contributed by atoms with van der Waals surface area (Å²) >= 11 is 0. The molecule has 0 amide bonds. The van der Waals surface area contributed by atoms with Gasteiger partial charge in [-0.05, 0) is 46.1 Å². The monoisotopic (exact) mass is 251 g/mol. The van der Waals surface area contributed by atoms with Gasteiger partial charge in [-0.15, -0.1) is 0 Å². The van der Waals surface area contributed by atoms with E-state index in [0.717, 1.165) is 37.4 Å². The first kappa shape index (κ1) is 13.6. The van der Waals surface area contributed by atoms with E-state index < -0.39 is 0 Å². The lowest BCUT2D eigenvalue weighted by atomic mass is 9.99. The van der Waals surface area contributed by atoms with Crippen LogP contribution in [0.25, 0.3) is 0 Å². The molecule has 3 unspecified atom stereocenters. The summed E-state index contributed by atoms with van der Waals surface area (Å²) in [6.07, 6.45) is 3.76. The number of hydrogen-bond acceptors (Lipinski definition) is 3. The van der Waals surface area contributed by atoms with Crippen LogP contribution in [0.15, 0.2) is 10.5 Å². The number of aryl methyl sites for hydroxylation is 2. The molecule has 1 aliphatic heterocycles. The highest BCUT2D eigenvalue weighted by Crippen LogP contribution is 2.24. The van der Waals surface area contributed by atoms with E-state index in [9.17, 15) is 0 Å². The molecule has 1 aromatic heterocycles. The molecule has 18 heavy (non-hydrogen) atoms. The standard InChI is InChI=1S/C15H25NO2/c1-5-14-9-13(6-7-17-14)16-11(3)15-8-10(2)18-12(15)4/h8,11,13-14,16H,5-7,9H2,1-4H3. The van der Waals surface area contributed by atoms with Crippen molar-refractivity contribution in [1.82, 2.24) is 5.32 Å². The van der Waals surface area contributed by atoms with Gasteiger partial charge in [0.2, 0.25) is 0 Å². The first-order valence-electron chi connectivity index (χ1n) is 7.04. The molecular formula is C15H25NO2. The molecule has 1 aromatic rings. The maximum atomic E-state index is 5.71. The third-order valence-electron chi connectivity index (χ3n) is 3.85. The second-order valence-corrected chi connectivity index (χ2v) is 5.38. The quantitative estimate of drug-likeness (QED) is 0.889. The summed E-state index contributed by atoms with van der Waals surface area (Å²) in [5.41, 5.74) is 1.28. The highest BCUT2D eigenvalue weighted by Gasteiger charge is 2.23. The third-order valence-corrected chi connectivity index (χ3v) is 3.85. The average Bonchev–Trinajstić information content (AvgIpc) is 2.69. The molecule has 2 rings (SSSR count). The van der Waals surface area contributed by atoms with E-state index in [1.165, 1.54) is 5.56 Å². The summed E-state index contributed by atoms with van der Waals surface area (Å²) < 4.78 is 11.3. The minimum Gasteiger partial charge on any atom is -0.466 e. The van der Waals surface area contributed by atoms with E-state index in [2.05, 4.69) is 25.2 Å². The van der Waals surface area contributed by atoms with Crippen molar-refractivity contribution in [3.63, 3.8) is 0 Å². The number of nitrogens with one attached hydrogen (secondary N) is 1. The maximum Gasteiger partial charge on any atom is 0.105 e. The molecule has 102 valence electrons. The van der Waals surface area contributed by atoms with E-state index in [1.54, 1.807) is 0 Å². The van der Waals surface area contributed by atoms with Crippen LogP contribution in [-0.4, -0.2) is 18.8 Å². The molecule has 1 fully saturated rings. The van der Waals surface area contributed by atoms with Crippen LogP contribution in [0, 0.1) is 13.8 Å². The zero-order chi connectivity index (χ0) is 13.1. The number of hydrogen-bond donors (Lipinski definition) is 1. The van der Waals surface area contributed by atoms with Crippen LogP contribution in [0.1, 0.15) is 56.2 Å². The van der Waals surface area contributed by atoms with Crippen molar-refractivity contribution in [2.24, 2.45) is 0 Å². The Bertz CT molecular complexity index is 386. The molecule has 0 aliphatic carbocycles. The van der Waals surface area contributed by atoms with Gasteiger partial charge in [0, 0.05) is 24.3 Å². The normalized spacial score (nSPS) is 26.2. The summed E-state index contributed by atoms with van der Waals surface area (Å²) in [5, 5.41) is 3.71. The van der Waals surface area contributed by atoms with Crippen molar-refractivity contribution in [1.29, 1.82) is 0 Å². The molecule has 0 spiro atoms. The fourth-order valence-corrected chi connectivity index (χ4v) is 2.84.